The molecule has 0 aromatic heterocycles. The fourth-order valence-electron chi connectivity index (χ4n) is 0.904. The lowest BCUT2D eigenvalue weighted by molar-refractivity contribution is -0.504. The summed E-state index contributed by atoms with van der Waals surface area (Å²) in [6, 6.07) is -0.618. The van der Waals surface area contributed by atoms with E-state index in [1.54, 1.807) is 13.0 Å². The molecule has 0 aromatic carbocycles. The van der Waals surface area contributed by atoms with Crippen LogP contribution in [0, 0.1) is 16.5 Å². The fraction of sp³-hybridized carbons (Fsp3) is 0.222. The minimum atomic E-state index is -0.618. The lowest BCUT2D eigenvalue weighted by atomic mass is 10.1. The lowest BCUT2D eigenvalue weighted by Gasteiger charge is -1.96. The van der Waals surface area contributed by atoms with Gasteiger partial charge >= 0.3 is 0 Å². The van der Waals surface area contributed by atoms with E-state index in [1.807, 2.05) is 30.7 Å². The van der Waals surface area contributed by atoms with E-state index in [0.717, 1.165) is 5.57 Å². The molecule has 62 valence electrons. The van der Waals surface area contributed by atoms with Gasteiger partial charge in [-0.15, -0.1) is 0 Å². The molecule has 1 rings (SSSR count). The Morgan fingerprint density at radius 1 is 1.67 bits per heavy atom. The Morgan fingerprint density at radius 2 is 2.42 bits per heavy atom. The van der Waals surface area contributed by atoms with Gasteiger partial charge in [-0.2, -0.15) is 0 Å². The summed E-state index contributed by atoms with van der Waals surface area (Å²) in [6.07, 6.45) is 10.9. The maximum absolute atomic E-state index is 10.3. The average Bonchev–Trinajstić information content (AvgIpc) is 2.06. The van der Waals surface area contributed by atoms with Crippen LogP contribution in [-0.4, -0.2) is 11.0 Å². The first kappa shape index (κ1) is 8.59. The van der Waals surface area contributed by atoms with Gasteiger partial charge in [0.25, 0.3) is 6.04 Å². The molecule has 12 heavy (non-hydrogen) atoms. The van der Waals surface area contributed by atoms with E-state index in [0.29, 0.717) is 0 Å². The molecule has 0 bridgehead atoms. The predicted octanol–water partition coefficient (Wildman–Crippen LogP) is 1.91. The first-order valence-corrected chi connectivity index (χ1v) is 3.73. The maximum Gasteiger partial charge on any atom is 0.259 e. The lowest BCUT2D eigenvalue weighted by Crippen LogP contribution is -2.12. The Bertz CT molecular complexity index is 264. The third-order valence-electron chi connectivity index (χ3n) is 1.57. The molecule has 1 atom stereocenters. The summed E-state index contributed by atoms with van der Waals surface area (Å²) < 4.78 is 0. The van der Waals surface area contributed by atoms with Crippen LogP contribution < -0.4 is 0 Å². The molecular formula is C9H10NO2+. The van der Waals surface area contributed by atoms with Crippen LogP contribution in [-0.2, 0) is 0 Å². The molecule has 0 saturated heterocycles. The maximum atomic E-state index is 10.3. The zero-order valence-electron chi connectivity index (χ0n) is 6.81. The monoisotopic (exact) mass is 164 g/mol. The molecule has 3 nitrogen and oxygen atoms in total. The average molecular weight is 164 g/mol. The van der Waals surface area contributed by atoms with Gasteiger partial charge in [0.15, 0.2) is 0 Å². The Labute approximate surface area is 71.2 Å². The van der Waals surface area contributed by atoms with E-state index in [9.17, 15) is 10.1 Å². The van der Waals surface area contributed by atoms with Crippen molar-refractivity contribution in [3.63, 3.8) is 0 Å². The zero-order chi connectivity index (χ0) is 8.97. The molecule has 0 heterocycles. The minimum absolute atomic E-state index is 0.312. The van der Waals surface area contributed by atoms with Crippen LogP contribution >= 0.6 is 0 Å². The van der Waals surface area contributed by atoms with Gasteiger partial charge in [-0.25, -0.2) is 0 Å². The summed E-state index contributed by atoms with van der Waals surface area (Å²) in [4.78, 5) is 9.97. The predicted molar refractivity (Wildman–Crippen MR) is 47.1 cm³/mol. The Hall–Kier alpha value is -1.51. The van der Waals surface area contributed by atoms with E-state index in [1.165, 1.54) is 0 Å². The van der Waals surface area contributed by atoms with Gasteiger partial charge in [0.05, 0.1) is 11.6 Å². The summed E-state index contributed by atoms with van der Waals surface area (Å²) in [5, 5.41) is 10.3. The summed E-state index contributed by atoms with van der Waals surface area (Å²) in [7, 11) is 0. The van der Waals surface area contributed by atoms with Crippen LogP contribution in [0.3, 0.4) is 0 Å². The number of nitrogens with zero attached hydrogens (tertiary/aromatic N) is 1. The molecule has 1 unspecified atom stereocenters. The van der Waals surface area contributed by atoms with Crippen molar-refractivity contribution in [3.8, 4) is 0 Å². The van der Waals surface area contributed by atoms with Gasteiger partial charge in [-0.05, 0) is 0 Å². The highest BCUT2D eigenvalue weighted by molar-refractivity contribution is 5.38. The summed E-state index contributed by atoms with van der Waals surface area (Å²) >= 11 is 0. The van der Waals surface area contributed by atoms with Crippen LogP contribution in [0.5, 0.6) is 0 Å². The highest BCUT2D eigenvalue weighted by atomic mass is 16.6. The van der Waals surface area contributed by atoms with E-state index in [4.69, 9.17) is 0 Å². The fourth-order valence-corrected chi connectivity index (χ4v) is 0.904. The van der Waals surface area contributed by atoms with Crippen LogP contribution in [0.25, 0.3) is 0 Å². The molecule has 1 aliphatic carbocycles. The molecule has 0 saturated carbocycles. The van der Waals surface area contributed by atoms with Crippen LogP contribution in [0.4, 0.5) is 0 Å². The van der Waals surface area contributed by atoms with Crippen molar-refractivity contribution in [1.82, 2.24) is 0 Å². The molecule has 1 aliphatic rings. The van der Waals surface area contributed by atoms with Crippen molar-refractivity contribution in [2.24, 2.45) is 0 Å². The number of rotatable bonds is 2. The van der Waals surface area contributed by atoms with Crippen molar-refractivity contribution in [3.05, 3.63) is 52.5 Å². The molecule has 0 spiro atoms. The Balaban J connectivity index is 2.63. The van der Waals surface area contributed by atoms with E-state index >= 15 is 0 Å². The molecule has 0 amide bonds. The second-order valence-electron chi connectivity index (χ2n) is 2.60. The minimum Gasteiger partial charge on any atom is -0.263 e. The largest absolute Gasteiger partial charge is 0.263 e. The zero-order valence-corrected chi connectivity index (χ0v) is 6.81. The van der Waals surface area contributed by atoms with Crippen molar-refractivity contribution < 1.29 is 4.92 Å². The van der Waals surface area contributed by atoms with Crippen LogP contribution in [0.2, 0.25) is 0 Å². The van der Waals surface area contributed by atoms with Gasteiger partial charge in [-0.1, -0.05) is 0 Å². The highest BCUT2D eigenvalue weighted by Crippen LogP contribution is 2.10. The van der Waals surface area contributed by atoms with Crippen molar-refractivity contribution in [1.29, 1.82) is 0 Å². The van der Waals surface area contributed by atoms with Gasteiger partial charge in [0.1, 0.15) is 0 Å². The quantitative estimate of drug-likeness (QED) is 0.355. The second kappa shape index (κ2) is 3.76. The third kappa shape index (κ3) is 2.27. The van der Waals surface area contributed by atoms with Crippen molar-refractivity contribution in [2.75, 3.05) is 0 Å². The Kier molecular flexibility index (Phi) is 2.69. The number of nitro groups is 1. The van der Waals surface area contributed by atoms with Crippen LogP contribution in [0.15, 0.2) is 36.0 Å². The second-order valence-corrected chi connectivity index (χ2v) is 2.60. The topological polar surface area (TPSA) is 43.1 Å². The summed E-state index contributed by atoms with van der Waals surface area (Å²) in [5.41, 5.74) is 0.890. The summed E-state index contributed by atoms with van der Waals surface area (Å²) in [5.74, 6) is 0. The number of hydrogen-bond acceptors (Lipinski definition) is 2. The molecular weight excluding hydrogens is 154 g/mol. The third-order valence-corrected chi connectivity index (χ3v) is 1.57. The van der Waals surface area contributed by atoms with Gasteiger partial charge < -0.3 is 0 Å². The van der Waals surface area contributed by atoms with E-state index in [-0.39, 0.29) is 4.92 Å². The molecule has 0 aliphatic heterocycles. The van der Waals surface area contributed by atoms with Crippen LogP contribution in [0.1, 0.15) is 6.92 Å². The summed E-state index contributed by atoms with van der Waals surface area (Å²) in [6.45, 7) is 1.56. The van der Waals surface area contributed by atoms with Crippen molar-refractivity contribution >= 4 is 0 Å². The van der Waals surface area contributed by atoms with Gasteiger partial charge in [0.2, 0.25) is 0 Å². The molecule has 0 radical (unpaired) electrons. The van der Waals surface area contributed by atoms with E-state index < -0.39 is 6.04 Å². The first-order valence-electron chi connectivity index (χ1n) is 3.73. The molecule has 3 heteroatoms. The van der Waals surface area contributed by atoms with E-state index in [2.05, 4.69) is 0 Å². The Morgan fingerprint density at radius 3 is 2.92 bits per heavy atom. The number of hydrogen-bond donors (Lipinski definition) is 0. The highest BCUT2D eigenvalue weighted by Gasteiger charge is 2.14. The van der Waals surface area contributed by atoms with Crippen molar-refractivity contribution in [2.45, 2.75) is 13.0 Å². The van der Waals surface area contributed by atoms with Gasteiger partial charge in [0, 0.05) is 42.6 Å². The molecule has 0 N–H and O–H groups in total. The van der Waals surface area contributed by atoms with Gasteiger partial charge in [-0.3, -0.25) is 10.1 Å². The molecule has 0 fully saturated rings. The smallest absolute Gasteiger partial charge is 0.259 e. The first-order chi connectivity index (χ1) is 5.70. The number of allylic oxidation sites excluding steroid dienone is 5. The molecule has 0 aromatic rings. The normalized spacial score (nSPS) is 20.6. The SMILES string of the molecule is CC(/C=C1\C=CC=C[CH+]1)[N+](=O)[O-]. The standard InChI is InChI=1S/C9H10NO2/c1-8(10(11)12)7-9-5-3-2-4-6-9/h2-8H,1H3/q+1.